The molecule has 0 radical (unpaired) electrons. The first-order valence-corrected chi connectivity index (χ1v) is 5.23. The monoisotopic (exact) mass is 193 g/mol. The molecule has 0 unspecified atom stereocenters. The van der Waals surface area contributed by atoms with E-state index >= 15 is 0 Å². The predicted octanol–water partition coefficient (Wildman–Crippen LogP) is -0.629. The van der Waals surface area contributed by atoms with Gasteiger partial charge in [0, 0.05) is 0 Å². The van der Waals surface area contributed by atoms with Crippen LogP contribution in [0.5, 0.6) is 0 Å². The lowest BCUT2D eigenvalue weighted by Crippen LogP contribution is -2.42. The summed E-state index contributed by atoms with van der Waals surface area (Å²) in [6.07, 6.45) is 0.791. The van der Waals surface area contributed by atoms with E-state index in [1.54, 1.807) is 0 Å². The Labute approximate surface area is 70.8 Å². The van der Waals surface area contributed by atoms with Crippen LogP contribution >= 0.6 is 0 Å². The third-order valence-electron chi connectivity index (χ3n) is 2.29. The lowest BCUT2D eigenvalue weighted by atomic mass is 10.1. The van der Waals surface area contributed by atoms with Gasteiger partial charge in [0.05, 0.1) is 5.75 Å². The van der Waals surface area contributed by atoms with Crippen LogP contribution < -0.4 is 5.90 Å². The van der Waals surface area contributed by atoms with Gasteiger partial charge in [-0.1, -0.05) is 0 Å². The first kappa shape index (κ1) is 9.47. The number of nitrogens with two attached hydrogens (primary N) is 1. The van der Waals surface area contributed by atoms with Gasteiger partial charge >= 0.3 is 5.97 Å². The van der Waals surface area contributed by atoms with Crippen molar-refractivity contribution < 1.29 is 18.0 Å². The van der Waals surface area contributed by atoms with Crippen LogP contribution in [-0.2, 0) is 19.5 Å². The van der Waals surface area contributed by atoms with Crippen LogP contribution in [0, 0.1) is 0 Å². The van der Waals surface area contributed by atoms with Crippen molar-refractivity contribution in [2.75, 3.05) is 5.75 Å². The molecule has 0 amide bonds. The van der Waals surface area contributed by atoms with Crippen molar-refractivity contribution in [3.05, 3.63) is 0 Å². The zero-order chi connectivity index (χ0) is 9.41. The van der Waals surface area contributed by atoms with Gasteiger partial charge in [-0.3, -0.25) is 0 Å². The van der Waals surface area contributed by atoms with E-state index in [-0.39, 0.29) is 5.75 Å². The zero-order valence-corrected chi connectivity index (χ0v) is 7.56. The molecule has 1 heterocycles. The quantitative estimate of drug-likeness (QED) is 0.560. The standard InChI is InChI=1S/C6H11NO4S/c1-6(5(8)11-7)3-2-4-12(6,9)10/h2-4,7H2,1H3/t6-/m0/s1. The second-order valence-corrected chi connectivity index (χ2v) is 5.60. The Hall–Kier alpha value is -0.620. The predicted molar refractivity (Wildman–Crippen MR) is 41.7 cm³/mol. The van der Waals surface area contributed by atoms with Crippen LogP contribution in [0.25, 0.3) is 0 Å². The first-order chi connectivity index (χ1) is 5.44. The Kier molecular flexibility index (Phi) is 2.13. The van der Waals surface area contributed by atoms with Crippen LogP contribution in [0.1, 0.15) is 19.8 Å². The highest BCUT2D eigenvalue weighted by Gasteiger charge is 2.51. The average molecular weight is 193 g/mol. The van der Waals surface area contributed by atoms with E-state index in [1.807, 2.05) is 0 Å². The van der Waals surface area contributed by atoms with Gasteiger partial charge in [0.2, 0.25) is 0 Å². The third kappa shape index (κ3) is 1.11. The first-order valence-electron chi connectivity index (χ1n) is 3.57. The number of carbonyl (C=O) groups excluding carboxylic acids is 1. The number of rotatable bonds is 1. The summed E-state index contributed by atoms with van der Waals surface area (Å²) in [6.45, 7) is 1.35. The van der Waals surface area contributed by atoms with Gasteiger partial charge < -0.3 is 4.84 Å². The highest BCUT2D eigenvalue weighted by Crippen LogP contribution is 2.32. The molecule has 1 aliphatic rings. The second-order valence-electron chi connectivity index (χ2n) is 3.06. The van der Waals surface area contributed by atoms with Crippen LogP contribution in [0.4, 0.5) is 0 Å². The van der Waals surface area contributed by atoms with E-state index in [2.05, 4.69) is 10.7 Å². The summed E-state index contributed by atoms with van der Waals surface area (Å²) in [6, 6.07) is 0. The summed E-state index contributed by atoms with van der Waals surface area (Å²) in [4.78, 5) is 15.0. The summed E-state index contributed by atoms with van der Waals surface area (Å²) in [5, 5.41) is 0. The van der Waals surface area contributed by atoms with Gasteiger partial charge in [0.15, 0.2) is 14.6 Å². The summed E-state index contributed by atoms with van der Waals surface area (Å²) >= 11 is 0. The van der Waals surface area contributed by atoms with Crippen molar-refractivity contribution in [1.29, 1.82) is 0 Å². The minimum atomic E-state index is -3.35. The van der Waals surface area contributed by atoms with Crippen LogP contribution in [0.15, 0.2) is 0 Å². The molecular weight excluding hydrogens is 182 g/mol. The fraction of sp³-hybridized carbons (Fsp3) is 0.833. The Bertz CT molecular complexity index is 297. The van der Waals surface area contributed by atoms with E-state index in [9.17, 15) is 13.2 Å². The maximum Gasteiger partial charge on any atom is 0.345 e. The molecule has 12 heavy (non-hydrogen) atoms. The van der Waals surface area contributed by atoms with Gasteiger partial charge in [-0.2, -0.15) is 5.90 Å². The minimum absolute atomic E-state index is 0.0403. The van der Waals surface area contributed by atoms with Gasteiger partial charge in [-0.05, 0) is 19.8 Å². The largest absolute Gasteiger partial charge is 0.372 e. The number of hydrogen-bond acceptors (Lipinski definition) is 5. The molecule has 6 heteroatoms. The van der Waals surface area contributed by atoms with E-state index in [4.69, 9.17) is 0 Å². The zero-order valence-electron chi connectivity index (χ0n) is 6.74. The van der Waals surface area contributed by atoms with Crippen molar-refractivity contribution >= 4 is 15.8 Å². The maximum atomic E-state index is 11.3. The lowest BCUT2D eigenvalue weighted by molar-refractivity contribution is -0.146. The van der Waals surface area contributed by atoms with Crippen molar-refractivity contribution in [3.63, 3.8) is 0 Å². The highest BCUT2D eigenvalue weighted by molar-refractivity contribution is 7.93. The van der Waals surface area contributed by atoms with Gasteiger partial charge in [-0.15, -0.1) is 0 Å². The Morgan fingerprint density at radius 1 is 1.58 bits per heavy atom. The van der Waals surface area contributed by atoms with Gasteiger partial charge in [0.25, 0.3) is 0 Å². The molecule has 0 aromatic rings. The van der Waals surface area contributed by atoms with Crippen LogP contribution in [0.3, 0.4) is 0 Å². The van der Waals surface area contributed by atoms with Crippen LogP contribution in [-0.4, -0.2) is 24.9 Å². The molecule has 0 aliphatic carbocycles. The molecule has 5 nitrogen and oxygen atoms in total. The summed E-state index contributed by atoms with van der Waals surface area (Å²) in [5.41, 5.74) is 0. The van der Waals surface area contributed by atoms with E-state index in [1.165, 1.54) is 6.92 Å². The summed E-state index contributed by atoms with van der Waals surface area (Å²) < 4.78 is 21.2. The van der Waals surface area contributed by atoms with Crippen molar-refractivity contribution in [1.82, 2.24) is 0 Å². The van der Waals surface area contributed by atoms with E-state index < -0.39 is 20.6 Å². The van der Waals surface area contributed by atoms with Crippen molar-refractivity contribution in [3.8, 4) is 0 Å². The topological polar surface area (TPSA) is 86.5 Å². The number of sulfone groups is 1. The SMILES string of the molecule is C[C@@]1(C(=O)ON)CCCS1(=O)=O. The molecule has 70 valence electrons. The van der Waals surface area contributed by atoms with Crippen molar-refractivity contribution in [2.24, 2.45) is 5.90 Å². The molecule has 1 rings (SSSR count). The van der Waals surface area contributed by atoms with Gasteiger partial charge in [0.1, 0.15) is 0 Å². The Morgan fingerprint density at radius 3 is 2.50 bits per heavy atom. The summed E-state index contributed by atoms with van der Waals surface area (Å²) in [7, 11) is -3.35. The van der Waals surface area contributed by atoms with Gasteiger partial charge in [-0.25, -0.2) is 13.2 Å². The normalized spacial score (nSPS) is 33.2. The molecular formula is C6H11NO4S. The molecule has 0 aromatic heterocycles. The molecule has 0 aromatic carbocycles. The lowest BCUT2D eigenvalue weighted by Gasteiger charge is -2.17. The molecule has 1 atom stereocenters. The molecule has 0 saturated carbocycles. The fourth-order valence-corrected chi connectivity index (χ4v) is 3.07. The van der Waals surface area contributed by atoms with Crippen LogP contribution in [0.2, 0.25) is 0 Å². The molecule has 1 aliphatic heterocycles. The fourth-order valence-electron chi connectivity index (χ4n) is 1.33. The Balaban J connectivity index is 3.07. The van der Waals surface area contributed by atoms with Crippen molar-refractivity contribution in [2.45, 2.75) is 24.5 Å². The maximum absolute atomic E-state index is 11.3. The van der Waals surface area contributed by atoms with E-state index in [0.717, 1.165) is 0 Å². The highest BCUT2D eigenvalue weighted by atomic mass is 32.2. The smallest absolute Gasteiger partial charge is 0.345 e. The van der Waals surface area contributed by atoms with E-state index in [0.29, 0.717) is 12.8 Å². The number of hydrogen-bond donors (Lipinski definition) is 1. The molecule has 1 saturated heterocycles. The Morgan fingerprint density at radius 2 is 2.17 bits per heavy atom. The molecule has 2 N–H and O–H groups in total. The minimum Gasteiger partial charge on any atom is -0.372 e. The number of carbonyl (C=O) groups is 1. The molecule has 0 spiro atoms. The second kappa shape index (κ2) is 2.70. The molecule has 1 fully saturated rings. The molecule has 0 bridgehead atoms. The summed E-state index contributed by atoms with van der Waals surface area (Å²) in [5.74, 6) is 3.82. The average Bonchev–Trinajstić information content (AvgIpc) is 2.26. The third-order valence-corrected chi connectivity index (χ3v) is 4.86.